The number of amides is 1. The summed E-state index contributed by atoms with van der Waals surface area (Å²) in [6.45, 7) is 5.39. The van der Waals surface area contributed by atoms with Crippen molar-refractivity contribution in [2.75, 3.05) is 37.7 Å². The van der Waals surface area contributed by atoms with E-state index in [1.807, 2.05) is 36.1 Å². The molecule has 23 heavy (non-hydrogen) atoms. The van der Waals surface area contributed by atoms with E-state index in [1.165, 1.54) is 11.5 Å². The number of rotatable bonds is 2. The number of carbonyl (C=O) groups excluding carboxylic acids is 1. The number of hydrogen-bond acceptors (Lipinski definition) is 6. The Morgan fingerprint density at radius 2 is 2.04 bits per heavy atom. The summed E-state index contributed by atoms with van der Waals surface area (Å²) in [4.78, 5) is 21.4. The molecule has 1 saturated heterocycles. The highest BCUT2D eigenvalue weighted by Gasteiger charge is 2.34. The Bertz CT molecular complexity index is 724. The van der Waals surface area contributed by atoms with Crippen LogP contribution in [0.5, 0.6) is 5.75 Å². The van der Waals surface area contributed by atoms with E-state index < -0.39 is 0 Å². The molecule has 2 aliphatic rings. The smallest absolute Gasteiger partial charge is 0.233 e. The van der Waals surface area contributed by atoms with Crippen molar-refractivity contribution in [2.24, 2.45) is 0 Å². The molecule has 0 radical (unpaired) electrons. The average Bonchev–Trinajstić information content (AvgIpc) is 3.21. The molecule has 2 aliphatic heterocycles. The standard InChI is InChI=1S/C16H18N4O2S/c1-11-17-16(23-18-11)20-8-6-19(7-9-20)15(21)13-10-22-14-5-3-2-4-12(13)14/h2-5,13H,6-10H2,1H3/t13-/m0/s1. The summed E-state index contributed by atoms with van der Waals surface area (Å²) in [5, 5.41) is 0.948. The van der Waals surface area contributed by atoms with Gasteiger partial charge in [-0.1, -0.05) is 18.2 Å². The third-order valence-corrected chi connectivity index (χ3v) is 5.25. The number of nitrogens with zero attached hydrogens (tertiary/aromatic N) is 4. The lowest BCUT2D eigenvalue weighted by Gasteiger charge is -2.35. The average molecular weight is 330 g/mol. The summed E-state index contributed by atoms with van der Waals surface area (Å²) >= 11 is 1.42. The first-order valence-electron chi connectivity index (χ1n) is 7.78. The first kappa shape index (κ1) is 14.4. The van der Waals surface area contributed by atoms with Crippen LogP contribution in [0.15, 0.2) is 24.3 Å². The van der Waals surface area contributed by atoms with Gasteiger partial charge in [-0.05, 0) is 13.0 Å². The molecule has 6 nitrogen and oxygen atoms in total. The third-order valence-electron chi connectivity index (χ3n) is 4.38. The Kier molecular flexibility index (Phi) is 3.65. The van der Waals surface area contributed by atoms with Crippen LogP contribution in [0, 0.1) is 6.92 Å². The highest BCUT2D eigenvalue weighted by Crippen LogP contribution is 2.34. The van der Waals surface area contributed by atoms with Crippen LogP contribution >= 0.6 is 11.5 Å². The molecule has 7 heteroatoms. The van der Waals surface area contributed by atoms with Crippen molar-refractivity contribution in [2.45, 2.75) is 12.8 Å². The molecule has 0 saturated carbocycles. The first-order valence-corrected chi connectivity index (χ1v) is 8.55. The van der Waals surface area contributed by atoms with Crippen LogP contribution in [-0.2, 0) is 4.79 Å². The molecule has 0 unspecified atom stereocenters. The van der Waals surface area contributed by atoms with Crippen molar-refractivity contribution < 1.29 is 9.53 Å². The van der Waals surface area contributed by atoms with Gasteiger partial charge in [0.1, 0.15) is 24.1 Å². The van der Waals surface area contributed by atoms with E-state index in [0.717, 1.165) is 48.4 Å². The second-order valence-electron chi connectivity index (χ2n) is 5.84. The third kappa shape index (κ3) is 2.65. The number of benzene rings is 1. The number of aryl methyl sites for hydroxylation is 1. The van der Waals surface area contributed by atoms with Gasteiger partial charge in [-0.3, -0.25) is 4.79 Å². The van der Waals surface area contributed by atoms with E-state index in [1.54, 1.807) is 0 Å². The first-order chi connectivity index (χ1) is 11.2. The summed E-state index contributed by atoms with van der Waals surface area (Å²) in [6, 6.07) is 7.82. The summed E-state index contributed by atoms with van der Waals surface area (Å²) in [6.07, 6.45) is 0. The van der Waals surface area contributed by atoms with Gasteiger partial charge in [0.15, 0.2) is 0 Å². The summed E-state index contributed by atoms with van der Waals surface area (Å²) in [7, 11) is 0. The molecule has 2 aromatic rings. The molecule has 120 valence electrons. The van der Waals surface area contributed by atoms with Crippen molar-refractivity contribution in [1.29, 1.82) is 0 Å². The minimum Gasteiger partial charge on any atom is -0.492 e. The van der Waals surface area contributed by atoms with Crippen molar-refractivity contribution in [3.63, 3.8) is 0 Å². The molecular formula is C16H18N4O2S. The van der Waals surface area contributed by atoms with Gasteiger partial charge in [0.05, 0.1) is 0 Å². The van der Waals surface area contributed by atoms with Crippen LogP contribution < -0.4 is 9.64 Å². The van der Waals surface area contributed by atoms with Gasteiger partial charge in [-0.25, -0.2) is 4.98 Å². The second-order valence-corrected chi connectivity index (χ2v) is 6.57. The number of hydrogen-bond donors (Lipinski definition) is 0. The maximum absolute atomic E-state index is 12.8. The molecular weight excluding hydrogens is 312 g/mol. The highest BCUT2D eigenvalue weighted by atomic mass is 32.1. The number of carbonyl (C=O) groups is 1. The second kappa shape index (κ2) is 5.81. The molecule has 0 bridgehead atoms. The Balaban J connectivity index is 1.42. The summed E-state index contributed by atoms with van der Waals surface area (Å²) in [5.41, 5.74) is 1.01. The van der Waals surface area contributed by atoms with E-state index >= 15 is 0 Å². The minimum atomic E-state index is -0.165. The molecule has 0 aliphatic carbocycles. The molecule has 0 N–H and O–H groups in total. The Morgan fingerprint density at radius 1 is 1.26 bits per heavy atom. The lowest BCUT2D eigenvalue weighted by atomic mass is 9.99. The Hall–Kier alpha value is -2.15. The van der Waals surface area contributed by atoms with E-state index in [0.29, 0.717) is 6.61 Å². The van der Waals surface area contributed by atoms with Gasteiger partial charge in [0.25, 0.3) is 0 Å². The normalized spacial score (nSPS) is 20.3. The van der Waals surface area contributed by atoms with Crippen LogP contribution in [0.4, 0.5) is 5.13 Å². The van der Waals surface area contributed by atoms with Crippen molar-refractivity contribution in [3.05, 3.63) is 35.7 Å². The maximum atomic E-state index is 12.8. The molecule has 1 aromatic carbocycles. The maximum Gasteiger partial charge on any atom is 0.233 e. The van der Waals surface area contributed by atoms with Crippen molar-refractivity contribution >= 4 is 22.6 Å². The van der Waals surface area contributed by atoms with Crippen LogP contribution in [0.25, 0.3) is 0 Å². The molecule has 0 spiro atoms. The lowest BCUT2D eigenvalue weighted by Crippen LogP contribution is -2.50. The quantitative estimate of drug-likeness (QED) is 0.838. The van der Waals surface area contributed by atoms with E-state index in [9.17, 15) is 4.79 Å². The zero-order valence-corrected chi connectivity index (χ0v) is 13.8. The van der Waals surface area contributed by atoms with Gasteiger partial charge in [-0.2, -0.15) is 4.37 Å². The number of anilines is 1. The zero-order chi connectivity index (χ0) is 15.8. The summed E-state index contributed by atoms with van der Waals surface area (Å²) < 4.78 is 9.87. The number of para-hydroxylation sites is 1. The highest BCUT2D eigenvalue weighted by molar-refractivity contribution is 7.09. The topological polar surface area (TPSA) is 58.6 Å². The lowest BCUT2D eigenvalue weighted by molar-refractivity contribution is -0.133. The van der Waals surface area contributed by atoms with Crippen LogP contribution in [0.2, 0.25) is 0 Å². The zero-order valence-electron chi connectivity index (χ0n) is 12.9. The van der Waals surface area contributed by atoms with Gasteiger partial charge in [0, 0.05) is 43.3 Å². The fourth-order valence-electron chi connectivity index (χ4n) is 3.12. The monoisotopic (exact) mass is 330 g/mol. The number of fused-ring (bicyclic) bond motifs is 1. The largest absolute Gasteiger partial charge is 0.492 e. The van der Waals surface area contributed by atoms with Gasteiger partial charge >= 0.3 is 0 Å². The predicted molar refractivity (Wildman–Crippen MR) is 88.1 cm³/mol. The molecule has 4 rings (SSSR count). The SMILES string of the molecule is Cc1nsc(N2CCN(C(=O)[C@H]3COc4ccccc43)CC2)n1. The predicted octanol–water partition coefficient (Wildman–Crippen LogP) is 1.67. The molecule has 1 fully saturated rings. The van der Waals surface area contributed by atoms with Gasteiger partial charge in [0.2, 0.25) is 11.0 Å². The Morgan fingerprint density at radius 3 is 2.78 bits per heavy atom. The number of ether oxygens (including phenoxy) is 1. The molecule has 1 amide bonds. The van der Waals surface area contributed by atoms with Crippen molar-refractivity contribution in [1.82, 2.24) is 14.3 Å². The fourth-order valence-corrected chi connectivity index (χ4v) is 3.85. The van der Waals surface area contributed by atoms with Crippen LogP contribution in [0.1, 0.15) is 17.3 Å². The van der Waals surface area contributed by atoms with Crippen molar-refractivity contribution in [3.8, 4) is 5.75 Å². The number of aromatic nitrogens is 2. The summed E-state index contributed by atoms with van der Waals surface area (Å²) in [5.74, 6) is 1.65. The fraction of sp³-hybridized carbons (Fsp3) is 0.438. The molecule has 1 atom stereocenters. The van der Waals surface area contributed by atoms with Crippen LogP contribution in [-0.4, -0.2) is 53.0 Å². The van der Waals surface area contributed by atoms with Gasteiger partial charge < -0.3 is 14.5 Å². The van der Waals surface area contributed by atoms with E-state index in [4.69, 9.17) is 4.74 Å². The van der Waals surface area contributed by atoms with Crippen LogP contribution in [0.3, 0.4) is 0 Å². The van der Waals surface area contributed by atoms with E-state index in [-0.39, 0.29) is 11.8 Å². The molecule has 1 aromatic heterocycles. The minimum absolute atomic E-state index is 0.165. The molecule has 3 heterocycles. The van der Waals surface area contributed by atoms with E-state index in [2.05, 4.69) is 14.3 Å². The number of piperazine rings is 1. The Labute approximate surface area is 138 Å². The van der Waals surface area contributed by atoms with Gasteiger partial charge in [-0.15, -0.1) is 0 Å².